The molecule has 0 bridgehead atoms. The first-order valence-corrected chi connectivity index (χ1v) is 18.5. The van der Waals surface area contributed by atoms with E-state index in [1.54, 1.807) is 0 Å². The Kier molecular flexibility index (Phi) is 24.5. The summed E-state index contributed by atoms with van der Waals surface area (Å²) in [5.41, 5.74) is 0. The lowest BCUT2D eigenvalue weighted by molar-refractivity contribution is -0.130. The van der Waals surface area contributed by atoms with Gasteiger partial charge in [0.05, 0.1) is 65.2 Å². The molecule has 1 saturated heterocycles. The van der Waals surface area contributed by atoms with Crippen LogP contribution >= 0.6 is 8.53 Å². The predicted octanol–water partition coefficient (Wildman–Crippen LogP) is 2.44. The minimum atomic E-state index is -1.31. The van der Waals surface area contributed by atoms with E-state index in [2.05, 4.69) is 61.3 Å². The molecule has 1 aliphatic heterocycles. The fourth-order valence-electron chi connectivity index (χ4n) is 4.94. The summed E-state index contributed by atoms with van der Waals surface area (Å²) in [6.45, 7) is 13.7. The Balaban J connectivity index is 2.02. The zero-order chi connectivity index (χ0) is 36.4. The lowest BCUT2D eigenvalue weighted by atomic mass is 10.1. The Hall–Kier alpha value is -2.73. The number of likely N-dealkylation sites (tertiary alicyclic amines) is 1. The van der Waals surface area contributed by atoms with E-state index in [9.17, 15) is 24.0 Å². The number of nitrogens with one attached hydrogen (secondary N) is 3. The van der Waals surface area contributed by atoms with Crippen molar-refractivity contribution in [1.29, 1.82) is 5.26 Å². The molecular weight excluding hydrogens is 655 g/mol. The van der Waals surface area contributed by atoms with Gasteiger partial charge in [0.15, 0.2) is 0 Å². The van der Waals surface area contributed by atoms with Crippen molar-refractivity contribution in [3.05, 3.63) is 0 Å². The number of amides is 4. The van der Waals surface area contributed by atoms with Gasteiger partial charge in [-0.3, -0.25) is 24.0 Å². The van der Waals surface area contributed by atoms with Crippen LogP contribution in [0.5, 0.6) is 0 Å². The number of rotatable bonds is 28. The number of hydrogen-bond acceptors (Lipinski definition) is 11. The molecule has 1 rings (SSSR count). The Morgan fingerprint density at radius 1 is 0.796 bits per heavy atom. The van der Waals surface area contributed by atoms with Crippen LogP contribution in [0.3, 0.4) is 0 Å². The summed E-state index contributed by atoms with van der Waals surface area (Å²) in [6, 6.07) is 2.51. The average Bonchev–Trinajstić information content (AvgIpc) is 3.50. The molecule has 1 fully saturated rings. The Morgan fingerprint density at radius 2 is 1.39 bits per heavy atom. The highest BCUT2D eigenvalue weighted by Crippen LogP contribution is 2.45. The molecule has 1 unspecified atom stereocenters. The maximum atomic E-state index is 12.2. The lowest BCUT2D eigenvalue weighted by Crippen LogP contribution is -2.42. The summed E-state index contributed by atoms with van der Waals surface area (Å²) >= 11 is 0. The molecule has 0 radical (unpaired) electrons. The quantitative estimate of drug-likeness (QED) is 0.0798. The number of carbonyl (C=O) groups is 5. The second-order valence-electron chi connectivity index (χ2n) is 12.5. The fourth-order valence-corrected chi connectivity index (χ4v) is 6.51. The van der Waals surface area contributed by atoms with Gasteiger partial charge >= 0.3 is 0 Å². The summed E-state index contributed by atoms with van der Waals surface area (Å²) in [6.07, 6.45) is 3.41. The molecule has 16 heteroatoms. The van der Waals surface area contributed by atoms with Crippen LogP contribution < -0.4 is 16.0 Å². The minimum absolute atomic E-state index is 0.0221. The SMILES string of the molecule is CC(C)N(C(C)C)P(OCCC#N)OCCOCCOCCNC(=O)CNC(=O)CNC(=O)CCC(=O)CCCCC(=O)N1CC[C@H](C)C1. The second-order valence-corrected chi connectivity index (χ2v) is 13.9. The normalized spacial score (nSPS) is 15.0. The molecule has 0 spiro atoms. The zero-order valence-electron chi connectivity index (χ0n) is 30.1. The van der Waals surface area contributed by atoms with E-state index >= 15 is 0 Å². The highest BCUT2D eigenvalue weighted by Gasteiger charge is 2.27. The van der Waals surface area contributed by atoms with E-state index in [0.29, 0.717) is 71.1 Å². The van der Waals surface area contributed by atoms with E-state index in [4.69, 9.17) is 23.8 Å². The first-order chi connectivity index (χ1) is 23.4. The largest absolute Gasteiger partial charge is 0.377 e. The van der Waals surface area contributed by atoms with Gasteiger partial charge in [0.1, 0.15) is 5.78 Å². The van der Waals surface area contributed by atoms with Crippen molar-refractivity contribution in [2.24, 2.45) is 5.92 Å². The zero-order valence-corrected chi connectivity index (χ0v) is 31.0. The van der Waals surface area contributed by atoms with E-state index in [0.717, 1.165) is 19.5 Å². The van der Waals surface area contributed by atoms with Crippen molar-refractivity contribution < 1.29 is 42.5 Å². The maximum absolute atomic E-state index is 12.2. The van der Waals surface area contributed by atoms with Gasteiger partial charge in [0.2, 0.25) is 23.6 Å². The van der Waals surface area contributed by atoms with Crippen LogP contribution in [0.25, 0.3) is 0 Å². The third kappa shape index (κ3) is 21.9. The summed E-state index contributed by atoms with van der Waals surface area (Å²) in [4.78, 5) is 62.1. The Labute approximate surface area is 293 Å². The first-order valence-electron chi connectivity index (χ1n) is 17.4. The van der Waals surface area contributed by atoms with Crippen LogP contribution in [0.2, 0.25) is 0 Å². The van der Waals surface area contributed by atoms with Crippen LogP contribution in [-0.4, -0.2) is 123 Å². The average molecular weight is 715 g/mol. The molecule has 3 N–H and O–H groups in total. The molecule has 1 heterocycles. The van der Waals surface area contributed by atoms with Crippen molar-refractivity contribution in [1.82, 2.24) is 25.5 Å². The van der Waals surface area contributed by atoms with E-state index in [1.165, 1.54) is 0 Å². The number of hydrogen-bond donors (Lipinski definition) is 3. The van der Waals surface area contributed by atoms with E-state index in [1.807, 2.05) is 4.90 Å². The van der Waals surface area contributed by atoms with Gasteiger partial charge in [0.25, 0.3) is 8.53 Å². The molecule has 0 aromatic rings. The van der Waals surface area contributed by atoms with Gasteiger partial charge < -0.3 is 39.4 Å². The highest BCUT2D eigenvalue weighted by atomic mass is 31.2. The monoisotopic (exact) mass is 714 g/mol. The van der Waals surface area contributed by atoms with Crippen molar-refractivity contribution in [3.8, 4) is 6.07 Å². The molecule has 49 heavy (non-hydrogen) atoms. The topological polar surface area (TPSA) is 189 Å². The highest BCUT2D eigenvalue weighted by molar-refractivity contribution is 7.44. The van der Waals surface area contributed by atoms with Crippen LogP contribution in [0.15, 0.2) is 0 Å². The maximum Gasteiger partial charge on any atom is 0.259 e. The Morgan fingerprint density at radius 3 is 2.02 bits per heavy atom. The number of ether oxygens (including phenoxy) is 2. The first kappa shape index (κ1) is 44.3. The third-order valence-electron chi connectivity index (χ3n) is 7.43. The number of carbonyl (C=O) groups excluding carboxylic acids is 5. The van der Waals surface area contributed by atoms with Gasteiger partial charge in [-0.15, -0.1) is 0 Å². The molecule has 15 nitrogen and oxygen atoms in total. The minimum Gasteiger partial charge on any atom is -0.377 e. The molecule has 1 aliphatic rings. The summed E-state index contributed by atoms with van der Waals surface area (Å²) in [7, 11) is -1.31. The van der Waals surface area contributed by atoms with Crippen LogP contribution in [-0.2, 0) is 42.5 Å². The predicted molar refractivity (Wildman–Crippen MR) is 185 cm³/mol. The molecule has 280 valence electrons. The molecule has 4 amide bonds. The third-order valence-corrected chi connectivity index (χ3v) is 9.54. The van der Waals surface area contributed by atoms with Gasteiger partial charge in [-0.05, 0) is 52.9 Å². The molecular formula is C33H59N6O9P. The smallest absolute Gasteiger partial charge is 0.259 e. The van der Waals surface area contributed by atoms with Gasteiger partial charge in [-0.2, -0.15) is 5.26 Å². The number of nitrogens with zero attached hydrogens (tertiary/aromatic N) is 3. The van der Waals surface area contributed by atoms with E-state index in [-0.39, 0.29) is 62.9 Å². The molecule has 0 aromatic heterocycles. The van der Waals surface area contributed by atoms with Crippen molar-refractivity contribution in [2.75, 3.05) is 72.4 Å². The number of ketones is 1. The molecule has 2 atom stereocenters. The summed E-state index contributed by atoms with van der Waals surface area (Å²) < 4.78 is 24.9. The van der Waals surface area contributed by atoms with Gasteiger partial charge in [0, 0.05) is 57.4 Å². The number of Topliss-reactive ketones (excluding diaryl/α,β-unsaturated/α-hetero) is 1. The molecule has 0 aliphatic carbocycles. The molecule has 0 saturated carbocycles. The van der Waals surface area contributed by atoms with Gasteiger partial charge in [-0.25, -0.2) is 4.67 Å². The molecule has 0 aromatic carbocycles. The lowest BCUT2D eigenvalue weighted by Gasteiger charge is -2.35. The van der Waals surface area contributed by atoms with E-state index < -0.39 is 26.2 Å². The van der Waals surface area contributed by atoms with Crippen LogP contribution in [0.4, 0.5) is 0 Å². The van der Waals surface area contributed by atoms with Crippen LogP contribution in [0, 0.1) is 17.2 Å². The fraction of sp³-hybridized carbons (Fsp3) is 0.818. The van der Waals surface area contributed by atoms with Crippen LogP contribution in [0.1, 0.15) is 86.0 Å². The Bertz CT molecular complexity index is 1030. The standard InChI is InChI=1S/C33H59N6O9P/c1-26(2)39(27(3)4)49(47-17-8-14-34)48-22-21-46-20-19-45-18-15-35-31(42)23-37-32(43)24-36-30(41)12-11-29(40)9-6-7-10-33(44)38-16-13-28(5)25-38/h26-28H,6-13,15-25H2,1-5H3,(H,35,42)(H,36,41)(H,37,43)/t28-,49?/m0/s1. The van der Waals surface area contributed by atoms with Crippen molar-refractivity contribution in [3.63, 3.8) is 0 Å². The van der Waals surface area contributed by atoms with Gasteiger partial charge in [-0.1, -0.05) is 6.92 Å². The number of unbranched alkanes of at least 4 members (excludes halogenated alkanes) is 1. The number of nitriles is 1. The second kappa shape index (κ2) is 27.1. The van der Waals surface area contributed by atoms with Crippen molar-refractivity contribution in [2.45, 2.75) is 98.1 Å². The van der Waals surface area contributed by atoms with Crippen molar-refractivity contribution >= 4 is 37.9 Å². The summed E-state index contributed by atoms with van der Waals surface area (Å²) in [5, 5.41) is 16.3. The summed E-state index contributed by atoms with van der Waals surface area (Å²) in [5.74, 6) is -0.704.